The number of rotatable bonds is 7. The molecule has 0 saturated heterocycles. The van der Waals surface area contributed by atoms with E-state index in [1.54, 1.807) is 6.92 Å². The third kappa shape index (κ3) is 5.18. The van der Waals surface area contributed by atoms with Crippen LogP contribution in [0.5, 0.6) is 0 Å². The number of carboxylic acids is 1. The van der Waals surface area contributed by atoms with Crippen LogP contribution in [0.2, 0.25) is 5.02 Å². The number of sulfonamides is 1. The Morgan fingerprint density at radius 3 is 2.47 bits per heavy atom. The van der Waals surface area contributed by atoms with Gasteiger partial charge < -0.3 is 5.11 Å². The van der Waals surface area contributed by atoms with Gasteiger partial charge in [0.15, 0.2) is 0 Å². The van der Waals surface area contributed by atoms with Crippen molar-refractivity contribution in [3.63, 3.8) is 0 Å². The lowest BCUT2D eigenvalue weighted by Crippen LogP contribution is -2.25. The van der Waals surface area contributed by atoms with Gasteiger partial charge in [-0.15, -0.1) is 0 Å². The molecule has 0 aliphatic heterocycles. The number of benzene rings is 1. The highest BCUT2D eigenvalue weighted by Crippen LogP contribution is 2.14. The summed E-state index contributed by atoms with van der Waals surface area (Å²) in [7, 11) is -3.55. The number of hydrogen-bond donors (Lipinski definition) is 2. The molecule has 1 atom stereocenters. The zero-order valence-corrected chi connectivity index (χ0v) is 12.0. The predicted octanol–water partition coefficient (Wildman–Crippen LogP) is 2.12. The first-order valence-corrected chi connectivity index (χ1v) is 7.67. The van der Waals surface area contributed by atoms with Gasteiger partial charge >= 0.3 is 5.97 Å². The summed E-state index contributed by atoms with van der Waals surface area (Å²) in [5.74, 6) is -1.35. The van der Waals surface area contributed by atoms with Crippen molar-refractivity contribution >= 4 is 27.6 Å². The number of carboxylic acid groups (broad SMARTS) is 1. The van der Waals surface area contributed by atoms with Gasteiger partial charge in [0.05, 0.1) is 10.8 Å². The van der Waals surface area contributed by atoms with Crippen LogP contribution in [0.4, 0.5) is 0 Å². The van der Waals surface area contributed by atoms with Crippen molar-refractivity contribution < 1.29 is 18.3 Å². The van der Waals surface area contributed by atoms with E-state index in [1.807, 2.05) is 0 Å². The molecule has 106 valence electrons. The Balaban J connectivity index is 2.48. The molecule has 0 heterocycles. The summed E-state index contributed by atoms with van der Waals surface area (Å²) in [5.41, 5.74) is 0. The highest BCUT2D eigenvalue weighted by Gasteiger charge is 2.14. The molecule has 0 amide bonds. The van der Waals surface area contributed by atoms with E-state index in [0.717, 1.165) is 0 Å². The van der Waals surface area contributed by atoms with Crippen molar-refractivity contribution in [3.8, 4) is 0 Å². The largest absolute Gasteiger partial charge is 0.481 e. The molecule has 1 rings (SSSR count). The number of hydrogen-bond acceptors (Lipinski definition) is 3. The van der Waals surface area contributed by atoms with Gasteiger partial charge in [-0.3, -0.25) is 4.79 Å². The Kier molecular flexibility index (Phi) is 5.78. The molecule has 0 fully saturated rings. The second kappa shape index (κ2) is 6.88. The average Bonchev–Trinajstić information content (AvgIpc) is 2.34. The van der Waals surface area contributed by atoms with Gasteiger partial charge in [0.1, 0.15) is 0 Å². The van der Waals surface area contributed by atoms with Crippen molar-refractivity contribution in [2.75, 3.05) is 6.54 Å². The van der Waals surface area contributed by atoms with Crippen molar-refractivity contribution in [3.05, 3.63) is 29.3 Å². The van der Waals surface area contributed by atoms with E-state index in [1.165, 1.54) is 24.3 Å². The van der Waals surface area contributed by atoms with Crippen molar-refractivity contribution in [1.29, 1.82) is 0 Å². The first-order chi connectivity index (χ1) is 8.83. The molecule has 0 radical (unpaired) electrons. The van der Waals surface area contributed by atoms with Gasteiger partial charge in [-0.05, 0) is 37.1 Å². The summed E-state index contributed by atoms with van der Waals surface area (Å²) in [4.78, 5) is 10.7. The van der Waals surface area contributed by atoms with Crippen LogP contribution in [-0.4, -0.2) is 26.0 Å². The molecule has 19 heavy (non-hydrogen) atoms. The van der Waals surface area contributed by atoms with Gasteiger partial charge in [0.2, 0.25) is 10.0 Å². The van der Waals surface area contributed by atoms with Gasteiger partial charge in [-0.1, -0.05) is 18.5 Å². The van der Waals surface area contributed by atoms with Crippen LogP contribution < -0.4 is 4.72 Å². The topological polar surface area (TPSA) is 83.5 Å². The van der Waals surface area contributed by atoms with Gasteiger partial charge in [-0.25, -0.2) is 13.1 Å². The first kappa shape index (κ1) is 15.9. The Morgan fingerprint density at radius 2 is 1.95 bits per heavy atom. The lowest BCUT2D eigenvalue weighted by molar-refractivity contribution is -0.141. The van der Waals surface area contributed by atoms with Crippen LogP contribution in [0, 0.1) is 5.92 Å². The van der Waals surface area contributed by atoms with E-state index in [2.05, 4.69) is 4.72 Å². The fraction of sp³-hybridized carbons (Fsp3) is 0.417. The molecule has 5 nitrogen and oxygen atoms in total. The van der Waals surface area contributed by atoms with Gasteiger partial charge in [-0.2, -0.15) is 0 Å². The Labute approximate surface area is 117 Å². The summed E-state index contributed by atoms with van der Waals surface area (Å²) < 4.78 is 26.1. The molecule has 2 N–H and O–H groups in total. The van der Waals surface area contributed by atoms with E-state index in [4.69, 9.17) is 16.7 Å². The average molecular weight is 306 g/mol. The zero-order chi connectivity index (χ0) is 14.5. The standard InChI is InChI=1S/C12H16ClNO4S/c1-9(12(15)16)3-2-8-14-19(17,18)11-6-4-10(13)5-7-11/h4-7,9,14H,2-3,8H2,1H3,(H,15,16). The van der Waals surface area contributed by atoms with Crippen LogP contribution >= 0.6 is 11.6 Å². The van der Waals surface area contributed by atoms with Crippen LogP contribution in [0.3, 0.4) is 0 Å². The number of aliphatic carboxylic acids is 1. The van der Waals surface area contributed by atoms with Gasteiger partial charge in [0, 0.05) is 11.6 Å². The highest BCUT2D eigenvalue weighted by atomic mass is 35.5. The Hall–Kier alpha value is -1.11. The summed E-state index contributed by atoms with van der Waals surface area (Å²) in [6, 6.07) is 5.85. The zero-order valence-electron chi connectivity index (χ0n) is 10.5. The Morgan fingerprint density at radius 1 is 1.37 bits per heavy atom. The van der Waals surface area contributed by atoms with E-state index >= 15 is 0 Å². The second-order valence-electron chi connectivity index (χ2n) is 4.23. The molecule has 0 spiro atoms. The smallest absolute Gasteiger partial charge is 0.306 e. The number of halogens is 1. The molecule has 0 aromatic heterocycles. The quantitative estimate of drug-likeness (QED) is 0.756. The third-order valence-corrected chi connectivity index (χ3v) is 4.38. The molecule has 1 aromatic carbocycles. The monoisotopic (exact) mass is 305 g/mol. The number of carbonyl (C=O) groups is 1. The van der Waals surface area contributed by atoms with Crippen LogP contribution in [-0.2, 0) is 14.8 Å². The first-order valence-electron chi connectivity index (χ1n) is 5.81. The molecule has 0 saturated carbocycles. The SMILES string of the molecule is CC(CCCNS(=O)(=O)c1ccc(Cl)cc1)C(=O)O. The van der Waals surface area contributed by atoms with Crippen molar-refractivity contribution in [1.82, 2.24) is 4.72 Å². The summed E-state index contributed by atoms with van der Waals surface area (Å²) in [6.07, 6.45) is 0.902. The minimum absolute atomic E-state index is 0.142. The van der Waals surface area contributed by atoms with Crippen LogP contribution in [0.15, 0.2) is 29.2 Å². The summed E-state index contributed by atoms with van der Waals surface area (Å²) in [5, 5.41) is 9.16. The second-order valence-corrected chi connectivity index (χ2v) is 6.44. The fourth-order valence-electron chi connectivity index (χ4n) is 1.44. The molecular formula is C12H16ClNO4S. The maximum atomic E-state index is 11.9. The third-order valence-electron chi connectivity index (χ3n) is 2.65. The summed E-state index contributed by atoms with van der Waals surface area (Å²) >= 11 is 5.68. The molecule has 1 aromatic rings. The molecule has 7 heteroatoms. The van der Waals surface area contributed by atoms with E-state index in [9.17, 15) is 13.2 Å². The maximum Gasteiger partial charge on any atom is 0.306 e. The predicted molar refractivity (Wildman–Crippen MR) is 72.7 cm³/mol. The maximum absolute atomic E-state index is 11.9. The van der Waals surface area contributed by atoms with Gasteiger partial charge in [0.25, 0.3) is 0 Å². The van der Waals surface area contributed by atoms with Crippen LogP contribution in [0.25, 0.3) is 0 Å². The lowest BCUT2D eigenvalue weighted by atomic mass is 10.1. The summed E-state index contributed by atoms with van der Waals surface area (Å²) in [6.45, 7) is 1.80. The normalized spacial score (nSPS) is 13.2. The van der Waals surface area contributed by atoms with E-state index in [-0.39, 0.29) is 11.4 Å². The lowest BCUT2D eigenvalue weighted by Gasteiger charge is -2.08. The molecular weight excluding hydrogens is 290 g/mol. The van der Waals surface area contributed by atoms with E-state index < -0.39 is 21.9 Å². The molecule has 0 bridgehead atoms. The molecule has 1 unspecified atom stereocenters. The molecule has 0 aliphatic rings. The van der Waals surface area contributed by atoms with E-state index in [0.29, 0.717) is 17.9 Å². The van der Waals surface area contributed by atoms with Crippen LogP contribution in [0.1, 0.15) is 19.8 Å². The Bertz CT molecular complexity index is 527. The fourth-order valence-corrected chi connectivity index (χ4v) is 2.64. The van der Waals surface area contributed by atoms with Crippen molar-refractivity contribution in [2.45, 2.75) is 24.7 Å². The van der Waals surface area contributed by atoms with Crippen molar-refractivity contribution in [2.24, 2.45) is 5.92 Å². The molecule has 0 aliphatic carbocycles. The highest BCUT2D eigenvalue weighted by molar-refractivity contribution is 7.89. The minimum Gasteiger partial charge on any atom is -0.481 e. The number of nitrogens with one attached hydrogen (secondary N) is 1. The minimum atomic E-state index is -3.55.